The zero-order valence-corrected chi connectivity index (χ0v) is 29.7. The van der Waals surface area contributed by atoms with Gasteiger partial charge in [-0.15, -0.1) is 0 Å². The fraction of sp³-hybridized carbons (Fsp3) is 0.588. The van der Waals surface area contributed by atoms with Crippen molar-refractivity contribution in [3.8, 4) is 0 Å². The van der Waals surface area contributed by atoms with Gasteiger partial charge in [-0.25, -0.2) is 0 Å². The van der Waals surface area contributed by atoms with E-state index in [4.69, 9.17) is 44.5 Å². The number of carbonyl (C=O) groups excluding carboxylic acids is 2. The van der Waals surface area contributed by atoms with E-state index in [0.29, 0.717) is 37.0 Å². The molecular formula is C34H46N2O12S2. The first-order chi connectivity index (χ1) is 23.4. The molecule has 4 N–H and O–H groups in total. The highest BCUT2D eigenvalue weighted by molar-refractivity contribution is 7.80. The van der Waals surface area contributed by atoms with Crippen LogP contribution in [0.15, 0.2) is 54.6 Å². The fourth-order valence-corrected chi connectivity index (χ4v) is 8.85. The summed E-state index contributed by atoms with van der Waals surface area (Å²) in [6.45, 7) is 0. The molecule has 14 nitrogen and oxygen atoms in total. The van der Waals surface area contributed by atoms with Crippen LogP contribution in [0.1, 0.15) is 86.8 Å². The second-order valence-corrected chi connectivity index (χ2v) is 15.8. The molecule has 2 aromatic rings. The van der Waals surface area contributed by atoms with Crippen LogP contribution in [-0.4, -0.2) is 107 Å². The molecule has 276 valence electrons. The van der Waals surface area contributed by atoms with Crippen molar-refractivity contribution in [1.82, 2.24) is 9.80 Å². The summed E-state index contributed by atoms with van der Waals surface area (Å²) in [6.07, 6.45) is 9.44. The normalized spacial score (nSPS) is 32.0. The molecule has 0 saturated carbocycles. The summed E-state index contributed by atoms with van der Waals surface area (Å²) >= 11 is 0. The van der Waals surface area contributed by atoms with Crippen molar-refractivity contribution in [2.24, 2.45) is 0 Å². The van der Waals surface area contributed by atoms with Gasteiger partial charge in [-0.1, -0.05) is 54.6 Å². The maximum absolute atomic E-state index is 14.4. The summed E-state index contributed by atoms with van der Waals surface area (Å²) in [6, 6.07) is 20.1. The van der Waals surface area contributed by atoms with Gasteiger partial charge in [-0.05, 0) is 95.0 Å². The summed E-state index contributed by atoms with van der Waals surface area (Å²) < 4.78 is 75.8. The number of benzene rings is 2. The van der Waals surface area contributed by atoms with Gasteiger partial charge >= 0.3 is 32.7 Å². The minimum absolute atomic E-state index is 0.0149. The molecule has 0 spiro atoms. The number of esters is 2. The summed E-state index contributed by atoms with van der Waals surface area (Å²) in [5.74, 6) is -0.667. The molecular weight excluding hydrogens is 693 g/mol. The third-order valence-corrected chi connectivity index (χ3v) is 11.2. The zero-order chi connectivity index (χ0) is 36.4. The Morgan fingerprint density at radius 2 is 1.08 bits per heavy atom. The van der Waals surface area contributed by atoms with Crippen molar-refractivity contribution in [3.05, 3.63) is 71.3 Å². The van der Waals surface area contributed by atoms with E-state index in [9.17, 15) is 9.59 Å². The van der Waals surface area contributed by atoms with Crippen LogP contribution in [0, 0.1) is 0 Å². The second-order valence-electron chi connectivity index (χ2n) is 14.0. The van der Waals surface area contributed by atoms with Gasteiger partial charge in [0.25, 0.3) is 0 Å². The van der Waals surface area contributed by atoms with Crippen LogP contribution in [0.2, 0.25) is 0 Å². The number of rotatable bonds is 5. The van der Waals surface area contributed by atoms with Gasteiger partial charge < -0.3 is 19.3 Å². The van der Waals surface area contributed by atoms with Crippen LogP contribution in [-0.2, 0) is 45.3 Å². The zero-order valence-electron chi connectivity index (χ0n) is 28.1. The number of ether oxygens (including phenoxy) is 2. The fourth-order valence-electron chi connectivity index (χ4n) is 8.85. The van der Waals surface area contributed by atoms with Gasteiger partial charge in [0, 0.05) is 24.2 Å². The van der Waals surface area contributed by atoms with Crippen molar-refractivity contribution >= 4 is 32.7 Å². The number of fused-ring (bicyclic) bond motifs is 5. The molecule has 4 bridgehead atoms. The lowest BCUT2D eigenvalue weighted by molar-refractivity contribution is -0.160. The van der Waals surface area contributed by atoms with Crippen LogP contribution in [0.3, 0.4) is 0 Å². The topological polar surface area (TPSA) is 208 Å². The van der Waals surface area contributed by atoms with Crippen molar-refractivity contribution in [1.29, 1.82) is 0 Å². The number of piperidine rings is 2. The predicted octanol–water partition coefficient (Wildman–Crippen LogP) is 3.88. The van der Waals surface area contributed by atoms with E-state index in [0.717, 1.165) is 42.4 Å². The monoisotopic (exact) mass is 738 g/mol. The summed E-state index contributed by atoms with van der Waals surface area (Å²) in [5, 5.41) is 0. The lowest BCUT2D eigenvalue weighted by Crippen LogP contribution is -2.48. The summed E-state index contributed by atoms with van der Waals surface area (Å²) in [4.78, 5) is 33.1. The Morgan fingerprint density at radius 3 is 1.56 bits per heavy atom. The Balaban J connectivity index is 0.000000430. The first-order valence-corrected chi connectivity index (χ1v) is 19.6. The molecule has 0 aromatic heterocycles. The molecule has 0 radical (unpaired) electrons. The highest BCUT2D eigenvalue weighted by Crippen LogP contribution is 2.49. The van der Waals surface area contributed by atoms with Crippen LogP contribution in [0.25, 0.3) is 0 Å². The van der Waals surface area contributed by atoms with Crippen LogP contribution in [0.4, 0.5) is 0 Å². The average Bonchev–Trinajstić information content (AvgIpc) is 3.35. The minimum Gasteiger partial charge on any atom is -0.462 e. The van der Waals surface area contributed by atoms with E-state index in [2.05, 4.69) is 23.9 Å². The third-order valence-electron chi connectivity index (χ3n) is 11.2. The van der Waals surface area contributed by atoms with Gasteiger partial charge in [0.15, 0.2) is 0 Å². The molecule has 50 heavy (non-hydrogen) atoms. The molecule has 4 aliphatic heterocycles. The van der Waals surface area contributed by atoms with Crippen molar-refractivity contribution < 1.29 is 54.1 Å². The molecule has 5 aliphatic rings. The standard InChI is InChI=1S/C34H42N2O4.2H2O4S/c1-35-23-12-13-24(35)19-27(18-23)39-32(37)30-16-17-34(22-8-4-3-5-9-22,31-11-7-6-10-29(30)31)33(38)40-28-20-25-14-15-26(21-28)36(25)2;2*1-5(2,3)4/h3-11,23-28,30H,12-21H2,1-2H3;2*(H2,1,2,3,4). The molecule has 6 atom stereocenters. The van der Waals surface area contributed by atoms with E-state index in [1.807, 2.05) is 54.6 Å². The van der Waals surface area contributed by atoms with Crippen LogP contribution in [0.5, 0.6) is 0 Å². The van der Waals surface area contributed by atoms with Crippen LogP contribution >= 0.6 is 0 Å². The molecule has 16 heteroatoms. The largest absolute Gasteiger partial charge is 0.462 e. The Morgan fingerprint density at radius 1 is 0.660 bits per heavy atom. The minimum atomic E-state index is -4.67. The Labute approximate surface area is 293 Å². The van der Waals surface area contributed by atoms with E-state index in [-0.39, 0.29) is 30.1 Å². The molecule has 6 unspecified atom stereocenters. The van der Waals surface area contributed by atoms with Gasteiger partial charge in [-0.2, -0.15) is 16.8 Å². The van der Waals surface area contributed by atoms with Crippen molar-refractivity contribution in [2.75, 3.05) is 14.1 Å². The number of carbonyl (C=O) groups is 2. The van der Waals surface area contributed by atoms with Crippen molar-refractivity contribution in [3.63, 3.8) is 0 Å². The smallest absolute Gasteiger partial charge is 0.394 e. The van der Waals surface area contributed by atoms with E-state index in [1.165, 1.54) is 25.7 Å². The molecule has 4 saturated heterocycles. The maximum atomic E-state index is 14.4. The molecule has 4 fully saturated rings. The van der Waals surface area contributed by atoms with E-state index in [1.54, 1.807) is 0 Å². The van der Waals surface area contributed by atoms with Gasteiger partial charge in [0.05, 0.1) is 5.92 Å². The van der Waals surface area contributed by atoms with E-state index < -0.39 is 26.2 Å². The SMILES string of the molecule is CN1C2CCC1CC(OC(=O)C1CCC(C(=O)OC3CC4CCC(C3)N4C)(c3ccccc3)c3ccccc31)C2.O=S(=O)(O)O.O=S(=O)(O)O. The lowest BCUT2D eigenvalue weighted by Gasteiger charge is -2.42. The quantitative estimate of drug-likeness (QED) is 0.254. The molecule has 7 rings (SSSR count). The highest BCUT2D eigenvalue weighted by Gasteiger charge is 2.52. The van der Waals surface area contributed by atoms with E-state index >= 15 is 0 Å². The predicted molar refractivity (Wildman–Crippen MR) is 181 cm³/mol. The van der Waals surface area contributed by atoms with Crippen molar-refractivity contribution in [2.45, 2.75) is 112 Å². The Bertz CT molecular complexity index is 1670. The number of hydrogen-bond donors (Lipinski definition) is 4. The first kappa shape index (κ1) is 38.3. The molecule has 4 heterocycles. The Kier molecular flexibility index (Phi) is 11.7. The Hall–Kier alpha value is -2.96. The number of hydrogen-bond acceptors (Lipinski definition) is 10. The average molecular weight is 739 g/mol. The molecule has 0 amide bonds. The van der Waals surface area contributed by atoms with Crippen LogP contribution < -0.4 is 0 Å². The molecule has 1 aliphatic carbocycles. The number of nitrogens with zero attached hydrogens (tertiary/aromatic N) is 2. The first-order valence-electron chi connectivity index (χ1n) is 16.8. The highest BCUT2D eigenvalue weighted by atomic mass is 32.3. The lowest BCUT2D eigenvalue weighted by atomic mass is 9.63. The summed E-state index contributed by atoms with van der Waals surface area (Å²) in [7, 11) is -4.92. The maximum Gasteiger partial charge on any atom is 0.394 e. The molecule has 2 aromatic carbocycles. The van der Waals surface area contributed by atoms with Gasteiger partial charge in [-0.3, -0.25) is 27.8 Å². The summed E-state index contributed by atoms with van der Waals surface area (Å²) in [5.41, 5.74) is 1.84. The van der Waals surface area contributed by atoms with Gasteiger partial charge in [0.2, 0.25) is 0 Å². The van der Waals surface area contributed by atoms with Gasteiger partial charge in [0.1, 0.15) is 17.6 Å². The second kappa shape index (κ2) is 15.3. The third kappa shape index (κ3) is 9.09.